The molecular weight excluding hydrogens is 184 g/mol. The van der Waals surface area contributed by atoms with Crippen molar-refractivity contribution in [3.63, 3.8) is 0 Å². The van der Waals surface area contributed by atoms with E-state index in [1.54, 1.807) is 0 Å². The number of benzene rings is 1. The predicted octanol–water partition coefficient (Wildman–Crippen LogP) is 3.83. The molecule has 1 aliphatic carbocycles. The summed E-state index contributed by atoms with van der Waals surface area (Å²) in [4.78, 5) is 0. The molecule has 0 saturated heterocycles. The maximum atomic E-state index is 5.81. The molecule has 0 fully saturated rings. The molecule has 0 bridgehead atoms. The van der Waals surface area contributed by atoms with Crippen LogP contribution in [-0.4, -0.2) is 0 Å². The minimum Gasteiger partial charge on any atom is -0.493 e. The molecule has 1 heteroatoms. The third-order valence-electron chi connectivity index (χ3n) is 2.60. The first-order chi connectivity index (χ1) is 7.36. The van der Waals surface area contributed by atoms with Crippen molar-refractivity contribution in [3.8, 4) is 0 Å². The lowest BCUT2D eigenvalue weighted by Crippen LogP contribution is -1.98. The van der Waals surface area contributed by atoms with Gasteiger partial charge >= 0.3 is 0 Å². The lowest BCUT2D eigenvalue weighted by Gasteiger charge is -2.14. The molecule has 15 heavy (non-hydrogen) atoms. The molecule has 0 atom stereocenters. The second kappa shape index (κ2) is 4.83. The Labute approximate surface area is 91.1 Å². The van der Waals surface area contributed by atoms with Gasteiger partial charge in [0.1, 0.15) is 6.61 Å². The molecule has 0 saturated carbocycles. The van der Waals surface area contributed by atoms with Crippen molar-refractivity contribution in [2.45, 2.75) is 26.4 Å². The highest BCUT2D eigenvalue weighted by molar-refractivity contribution is 5.24. The van der Waals surface area contributed by atoms with Crippen LogP contribution in [0.5, 0.6) is 0 Å². The Morgan fingerprint density at radius 1 is 1.20 bits per heavy atom. The van der Waals surface area contributed by atoms with Gasteiger partial charge in [-0.3, -0.25) is 0 Å². The van der Waals surface area contributed by atoms with E-state index < -0.39 is 0 Å². The van der Waals surface area contributed by atoms with E-state index in [4.69, 9.17) is 4.74 Å². The summed E-state index contributed by atoms with van der Waals surface area (Å²) in [7, 11) is 0. The number of allylic oxidation sites excluding steroid dienone is 4. The van der Waals surface area contributed by atoms with Crippen molar-refractivity contribution >= 4 is 0 Å². The molecule has 0 aromatic heterocycles. The van der Waals surface area contributed by atoms with Gasteiger partial charge in [0.15, 0.2) is 0 Å². The van der Waals surface area contributed by atoms with Gasteiger partial charge in [0.2, 0.25) is 0 Å². The quantitative estimate of drug-likeness (QED) is 0.720. The number of hydrogen-bond acceptors (Lipinski definition) is 1. The smallest absolute Gasteiger partial charge is 0.113 e. The SMILES string of the molecule is CC1=C(OCc2ccccc2)CCC=C1. The summed E-state index contributed by atoms with van der Waals surface area (Å²) in [5.41, 5.74) is 2.49. The van der Waals surface area contributed by atoms with Crippen molar-refractivity contribution in [1.29, 1.82) is 0 Å². The minimum absolute atomic E-state index is 0.682. The van der Waals surface area contributed by atoms with E-state index in [0.717, 1.165) is 18.6 Å². The predicted molar refractivity (Wildman–Crippen MR) is 62.3 cm³/mol. The van der Waals surface area contributed by atoms with E-state index in [2.05, 4.69) is 31.2 Å². The first-order valence-corrected chi connectivity index (χ1v) is 5.39. The highest BCUT2D eigenvalue weighted by Crippen LogP contribution is 2.20. The summed E-state index contributed by atoms with van der Waals surface area (Å²) in [5.74, 6) is 1.14. The van der Waals surface area contributed by atoms with Crippen molar-refractivity contribution in [3.05, 3.63) is 59.4 Å². The minimum atomic E-state index is 0.682. The summed E-state index contributed by atoms with van der Waals surface area (Å²) >= 11 is 0. The first kappa shape index (κ1) is 10.0. The number of hydrogen-bond donors (Lipinski definition) is 0. The highest BCUT2D eigenvalue weighted by atomic mass is 16.5. The van der Waals surface area contributed by atoms with Crippen LogP contribution >= 0.6 is 0 Å². The standard InChI is InChI=1S/C14H16O/c1-12-7-5-6-10-14(12)15-11-13-8-3-2-4-9-13/h2-5,7-9H,6,10-11H2,1H3. The van der Waals surface area contributed by atoms with Gasteiger partial charge in [0.25, 0.3) is 0 Å². The molecule has 0 N–H and O–H groups in total. The molecule has 0 unspecified atom stereocenters. The summed E-state index contributed by atoms with van der Waals surface area (Å²) in [6, 6.07) is 10.3. The topological polar surface area (TPSA) is 9.23 Å². The summed E-state index contributed by atoms with van der Waals surface area (Å²) < 4.78 is 5.81. The normalized spacial score (nSPS) is 15.5. The van der Waals surface area contributed by atoms with Gasteiger partial charge in [0.05, 0.1) is 5.76 Å². The van der Waals surface area contributed by atoms with Gasteiger partial charge in [-0.1, -0.05) is 42.5 Å². The van der Waals surface area contributed by atoms with E-state index >= 15 is 0 Å². The average Bonchev–Trinajstić information content (AvgIpc) is 2.29. The third kappa shape index (κ3) is 2.72. The lowest BCUT2D eigenvalue weighted by molar-refractivity contribution is 0.186. The second-order valence-corrected chi connectivity index (χ2v) is 3.82. The molecular formula is C14H16O. The van der Waals surface area contributed by atoms with Gasteiger partial charge in [-0.2, -0.15) is 0 Å². The van der Waals surface area contributed by atoms with Gasteiger partial charge in [-0.25, -0.2) is 0 Å². The zero-order valence-electron chi connectivity index (χ0n) is 9.07. The fourth-order valence-electron chi connectivity index (χ4n) is 1.70. The number of ether oxygens (including phenoxy) is 1. The van der Waals surface area contributed by atoms with Gasteiger partial charge < -0.3 is 4.74 Å². The Morgan fingerprint density at radius 3 is 2.73 bits per heavy atom. The van der Waals surface area contributed by atoms with E-state index in [0.29, 0.717) is 6.61 Å². The van der Waals surface area contributed by atoms with Crippen LogP contribution in [0, 0.1) is 0 Å². The first-order valence-electron chi connectivity index (χ1n) is 5.39. The fraction of sp³-hybridized carbons (Fsp3) is 0.286. The average molecular weight is 200 g/mol. The lowest BCUT2D eigenvalue weighted by atomic mass is 10.1. The van der Waals surface area contributed by atoms with Crippen LogP contribution in [0.1, 0.15) is 25.3 Å². The Balaban J connectivity index is 1.96. The molecule has 0 amide bonds. The van der Waals surface area contributed by atoms with E-state index in [1.165, 1.54) is 11.1 Å². The summed E-state index contributed by atoms with van der Waals surface area (Å²) in [6.45, 7) is 2.79. The molecule has 1 nitrogen and oxygen atoms in total. The van der Waals surface area contributed by atoms with Crippen molar-refractivity contribution < 1.29 is 4.74 Å². The fourth-order valence-corrected chi connectivity index (χ4v) is 1.70. The van der Waals surface area contributed by atoms with E-state index in [1.807, 2.05) is 18.2 Å². The summed E-state index contributed by atoms with van der Waals surface area (Å²) in [6.07, 6.45) is 6.48. The molecule has 0 spiro atoms. The van der Waals surface area contributed by atoms with Gasteiger partial charge in [0, 0.05) is 6.42 Å². The molecule has 1 aliphatic rings. The molecule has 1 aromatic carbocycles. The Bertz CT molecular complexity index is 374. The third-order valence-corrected chi connectivity index (χ3v) is 2.60. The van der Waals surface area contributed by atoms with Crippen LogP contribution in [0.25, 0.3) is 0 Å². The van der Waals surface area contributed by atoms with Crippen molar-refractivity contribution in [2.24, 2.45) is 0 Å². The van der Waals surface area contributed by atoms with Crippen LogP contribution < -0.4 is 0 Å². The van der Waals surface area contributed by atoms with Crippen molar-refractivity contribution in [2.75, 3.05) is 0 Å². The van der Waals surface area contributed by atoms with Gasteiger partial charge in [-0.05, 0) is 24.5 Å². The maximum absolute atomic E-state index is 5.81. The van der Waals surface area contributed by atoms with Crippen LogP contribution in [-0.2, 0) is 11.3 Å². The molecule has 0 aliphatic heterocycles. The Morgan fingerprint density at radius 2 is 2.00 bits per heavy atom. The zero-order valence-corrected chi connectivity index (χ0v) is 9.07. The highest BCUT2D eigenvalue weighted by Gasteiger charge is 2.05. The molecule has 78 valence electrons. The summed E-state index contributed by atoms with van der Waals surface area (Å²) in [5, 5.41) is 0. The molecule has 1 aromatic rings. The molecule has 0 heterocycles. The Kier molecular flexibility index (Phi) is 3.23. The van der Waals surface area contributed by atoms with Crippen LogP contribution in [0.15, 0.2) is 53.8 Å². The number of rotatable bonds is 3. The molecule has 0 radical (unpaired) electrons. The van der Waals surface area contributed by atoms with E-state index in [-0.39, 0.29) is 0 Å². The molecule has 2 rings (SSSR count). The van der Waals surface area contributed by atoms with Crippen LogP contribution in [0.2, 0.25) is 0 Å². The van der Waals surface area contributed by atoms with Crippen molar-refractivity contribution in [1.82, 2.24) is 0 Å². The largest absolute Gasteiger partial charge is 0.493 e. The van der Waals surface area contributed by atoms with Crippen LogP contribution in [0.3, 0.4) is 0 Å². The zero-order chi connectivity index (χ0) is 10.5. The van der Waals surface area contributed by atoms with E-state index in [9.17, 15) is 0 Å². The monoisotopic (exact) mass is 200 g/mol. The maximum Gasteiger partial charge on any atom is 0.113 e. The Hall–Kier alpha value is -1.50. The van der Waals surface area contributed by atoms with Crippen LogP contribution in [0.4, 0.5) is 0 Å². The van der Waals surface area contributed by atoms with Gasteiger partial charge in [-0.15, -0.1) is 0 Å². The second-order valence-electron chi connectivity index (χ2n) is 3.82.